The van der Waals surface area contributed by atoms with Gasteiger partial charge >= 0.3 is 0 Å². The van der Waals surface area contributed by atoms with Crippen LogP contribution in [0.15, 0.2) is 47.4 Å². The van der Waals surface area contributed by atoms with E-state index in [4.69, 9.17) is 5.73 Å². The third-order valence-electron chi connectivity index (χ3n) is 3.10. The Balaban J connectivity index is 2.30. The smallest absolute Gasteiger partial charge is 0.180 e. The topological polar surface area (TPSA) is 72.2 Å². The fourth-order valence-electron chi connectivity index (χ4n) is 1.79. The van der Waals surface area contributed by atoms with Crippen LogP contribution in [0, 0.1) is 5.82 Å². The lowest BCUT2D eigenvalue weighted by Gasteiger charge is -2.12. The molecule has 0 aliphatic heterocycles. The zero-order valence-electron chi connectivity index (χ0n) is 11.8. The molecule has 0 heterocycles. The van der Waals surface area contributed by atoms with E-state index in [9.17, 15) is 12.8 Å². The van der Waals surface area contributed by atoms with Gasteiger partial charge in [0.1, 0.15) is 5.82 Å². The molecule has 2 rings (SSSR count). The van der Waals surface area contributed by atoms with Crippen molar-refractivity contribution < 1.29 is 12.8 Å². The summed E-state index contributed by atoms with van der Waals surface area (Å²) in [6.45, 7) is 3.24. The first-order chi connectivity index (χ1) is 9.80. The number of nitrogens with two attached hydrogens (primary N) is 1. The Labute approximate surface area is 123 Å². The summed E-state index contributed by atoms with van der Waals surface area (Å²) in [7, 11) is -3.35. The van der Waals surface area contributed by atoms with Gasteiger partial charge in [-0.3, -0.25) is 0 Å². The molecule has 0 aliphatic carbocycles. The molecule has 0 unspecified atom stereocenters. The highest BCUT2D eigenvalue weighted by atomic mass is 32.2. The molecule has 0 atom stereocenters. The fourth-order valence-corrected chi connectivity index (χ4v) is 2.89. The Morgan fingerprint density at radius 3 is 2.24 bits per heavy atom. The summed E-state index contributed by atoms with van der Waals surface area (Å²) in [5, 5.41) is 2.51. The Bertz CT molecular complexity index is 741. The Morgan fingerprint density at radius 2 is 1.71 bits per heavy atom. The van der Waals surface area contributed by atoms with Crippen LogP contribution in [0.4, 0.5) is 21.5 Å². The molecule has 0 radical (unpaired) electrons. The summed E-state index contributed by atoms with van der Waals surface area (Å²) in [6.07, 6.45) is 0. The first-order valence-electron chi connectivity index (χ1n) is 6.46. The molecule has 0 aromatic heterocycles. The first-order valence-corrected chi connectivity index (χ1v) is 8.01. The Morgan fingerprint density at radius 1 is 1.10 bits per heavy atom. The monoisotopic (exact) mass is 308 g/mol. The van der Waals surface area contributed by atoms with Crippen molar-refractivity contribution in [1.82, 2.24) is 0 Å². The van der Waals surface area contributed by atoms with E-state index in [2.05, 4.69) is 5.32 Å². The van der Waals surface area contributed by atoms with Crippen molar-refractivity contribution in [3.63, 3.8) is 0 Å². The van der Waals surface area contributed by atoms with Crippen LogP contribution in [0.25, 0.3) is 0 Å². The van der Waals surface area contributed by atoms with Crippen molar-refractivity contribution >= 4 is 26.9 Å². The Hall–Kier alpha value is -2.08. The molecular weight excluding hydrogens is 291 g/mol. The molecule has 0 saturated carbocycles. The minimum atomic E-state index is -3.35. The predicted octanol–water partition coefficient (Wildman–Crippen LogP) is 3.33. The van der Waals surface area contributed by atoms with Gasteiger partial charge in [-0.1, -0.05) is 0 Å². The average molecular weight is 308 g/mol. The summed E-state index contributed by atoms with van der Waals surface area (Å²) in [5.74, 6) is -0.327. The van der Waals surface area contributed by atoms with Crippen LogP contribution in [0.5, 0.6) is 0 Å². The molecule has 2 aromatic rings. The van der Waals surface area contributed by atoms with E-state index >= 15 is 0 Å². The van der Waals surface area contributed by atoms with Crippen molar-refractivity contribution in [3.8, 4) is 0 Å². The van der Waals surface area contributed by atoms with Gasteiger partial charge in [-0.2, -0.15) is 0 Å². The third-order valence-corrected chi connectivity index (χ3v) is 5.25. The van der Waals surface area contributed by atoms with Gasteiger partial charge in [-0.15, -0.1) is 0 Å². The zero-order chi connectivity index (χ0) is 15.6. The summed E-state index contributed by atoms with van der Waals surface area (Å²) >= 11 is 0. The second-order valence-corrected chi connectivity index (χ2v) is 7.48. The number of anilines is 3. The first kappa shape index (κ1) is 15.3. The van der Waals surface area contributed by atoms with E-state index in [0.29, 0.717) is 17.1 Å². The number of sulfone groups is 1. The molecule has 112 valence electrons. The zero-order valence-corrected chi connectivity index (χ0v) is 12.6. The van der Waals surface area contributed by atoms with Crippen molar-refractivity contribution in [2.24, 2.45) is 0 Å². The molecule has 2 aromatic carbocycles. The van der Waals surface area contributed by atoms with Gasteiger partial charge in [-0.25, -0.2) is 12.8 Å². The van der Waals surface area contributed by atoms with Crippen LogP contribution >= 0.6 is 0 Å². The molecule has 0 amide bonds. The summed E-state index contributed by atoms with van der Waals surface area (Å²) in [4.78, 5) is 0.194. The average Bonchev–Trinajstić information content (AvgIpc) is 2.43. The van der Waals surface area contributed by atoms with E-state index in [1.165, 1.54) is 24.3 Å². The summed E-state index contributed by atoms with van der Waals surface area (Å²) in [6, 6.07) is 10.4. The van der Waals surface area contributed by atoms with Gasteiger partial charge < -0.3 is 11.1 Å². The highest BCUT2D eigenvalue weighted by Gasteiger charge is 2.19. The van der Waals surface area contributed by atoms with Gasteiger partial charge in [0.25, 0.3) is 0 Å². The number of hydrogen-bond donors (Lipinski definition) is 2. The molecule has 21 heavy (non-hydrogen) atoms. The number of nitrogen functional groups attached to an aromatic ring is 1. The maximum absolute atomic E-state index is 12.8. The van der Waals surface area contributed by atoms with Crippen LogP contribution in [0.2, 0.25) is 0 Å². The molecule has 0 saturated heterocycles. The summed E-state index contributed by atoms with van der Waals surface area (Å²) < 4.78 is 37.0. The predicted molar refractivity (Wildman–Crippen MR) is 82.9 cm³/mol. The molecule has 0 aliphatic rings. The van der Waals surface area contributed by atoms with E-state index < -0.39 is 15.1 Å². The lowest BCUT2D eigenvalue weighted by Crippen LogP contribution is -2.14. The molecule has 0 bridgehead atoms. The number of hydrogen-bond acceptors (Lipinski definition) is 4. The van der Waals surface area contributed by atoms with Gasteiger partial charge in [0, 0.05) is 5.69 Å². The largest absolute Gasteiger partial charge is 0.397 e. The highest BCUT2D eigenvalue weighted by Crippen LogP contribution is 2.27. The number of nitrogens with one attached hydrogen (secondary N) is 1. The fraction of sp³-hybridized carbons (Fsp3) is 0.200. The minimum Gasteiger partial charge on any atom is -0.397 e. The van der Waals surface area contributed by atoms with E-state index in [1.807, 2.05) is 0 Å². The van der Waals surface area contributed by atoms with Crippen LogP contribution < -0.4 is 11.1 Å². The minimum absolute atomic E-state index is 0.194. The molecular formula is C15H17FN2O2S. The van der Waals surface area contributed by atoms with Gasteiger partial charge in [0.05, 0.1) is 21.5 Å². The molecule has 0 fully saturated rings. The van der Waals surface area contributed by atoms with E-state index in [0.717, 1.165) is 0 Å². The molecule has 6 heteroatoms. The lowest BCUT2D eigenvalue weighted by molar-refractivity contribution is 0.587. The molecule has 3 N–H and O–H groups in total. The second kappa shape index (κ2) is 5.73. The second-order valence-electron chi connectivity index (χ2n) is 4.97. The Kier molecular flexibility index (Phi) is 4.18. The SMILES string of the molecule is CC(C)S(=O)(=O)c1ccc(Nc2ccc(F)cc2)c(N)c1. The van der Waals surface area contributed by atoms with Crippen molar-refractivity contribution in [2.45, 2.75) is 24.0 Å². The van der Waals surface area contributed by atoms with E-state index in [1.54, 1.807) is 32.0 Å². The van der Waals surface area contributed by atoms with Gasteiger partial charge in [-0.05, 0) is 56.3 Å². The van der Waals surface area contributed by atoms with Crippen molar-refractivity contribution in [2.75, 3.05) is 11.1 Å². The van der Waals surface area contributed by atoms with Crippen molar-refractivity contribution in [1.29, 1.82) is 0 Å². The number of halogens is 1. The van der Waals surface area contributed by atoms with Crippen LogP contribution in [0.1, 0.15) is 13.8 Å². The van der Waals surface area contributed by atoms with E-state index in [-0.39, 0.29) is 10.7 Å². The van der Waals surface area contributed by atoms with Gasteiger partial charge in [0.2, 0.25) is 0 Å². The number of benzene rings is 2. The molecule has 4 nitrogen and oxygen atoms in total. The molecule has 0 spiro atoms. The maximum Gasteiger partial charge on any atom is 0.180 e. The quantitative estimate of drug-likeness (QED) is 0.850. The standard InChI is InChI=1S/C15H17FN2O2S/c1-10(2)21(19,20)13-7-8-15(14(17)9-13)18-12-5-3-11(16)4-6-12/h3-10,18H,17H2,1-2H3. The van der Waals surface area contributed by atoms with Crippen LogP contribution in [-0.2, 0) is 9.84 Å². The van der Waals surface area contributed by atoms with Crippen LogP contribution in [0.3, 0.4) is 0 Å². The number of rotatable bonds is 4. The highest BCUT2D eigenvalue weighted by molar-refractivity contribution is 7.92. The summed E-state index contributed by atoms with van der Waals surface area (Å²) in [5.41, 5.74) is 7.46. The van der Waals surface area contributed by atoms with Gasteiger partial charge in [0.15, 0.2) is 9.84 Å². The lowest BCUT2D eigenvalue weighted by atomic mass is 10.2. The van der Waals surface area contributed by atoms with Crippen molar-refractivity contribution in [3.05, 3.63) is 48.3 Å². The maximum atomic E-state index is 12.8. The normalized spacial score (nSPS) is 11.6. The van der Waals surface area contributed by atoms with Crippen LogP contribution in [-0.4, -0.2) is 13.7 Å². The third kappa shape index (κ3) is 3.33.